The maximum Gasteiger partial charge on any atom is 0.173 e. The summed E-state index contributed by atoms with van der Waals surface area (Å²) >= 11 is 5.98. The number of thiocarbonyl (C=S) groups is 1. The van der Waals surface area contributed by atoms with Crippen molar-refractivity contribution in [2.24, 2.45) is 7.05 Å². The molecule has 1 heterocycles. The van der Waals surface area contributed by atoms with Gasteiger partial charge in [0.2, 0.25) is 0 Å². The number of para-hydroxylation sites is 2. The van der Waals surface area contributed by atoms with E-state index in [2.05, 4.69) is 83.5 Å². The molecule has 0 unspecified atom stereocenters. The summed E-state index contributed by atoms with van der Waals surface area (Å²) in [7, 11) is 2.13. The summed E-state index contributed by atoms with van der Waals surface area (Å²) in [5.41, 5.74) is 5.07. The van der Waals surface area contributed by atoms with Gasteiger partial charge < -0.3 is 14.8 Å². The van der Waals surface area contributed by atoms with Crippen LogP contribution in [0.5, 0.6) is 0 Å². The SMILES string of the molecule is CCc1ccccc1NC(=S)N(Cc1cn(C)c2ccccc12)C1CCCCC1. The van der Waals surface area contributed by atoms with E-state index in [-0.39, 0.29) is 0 Å². The predicted molar refractivity (Wildman–Crippen MR) is 127 cm³/mol. The Hall–Kier alpha value is -2.33. The topological polar surface area (TPSA) is 20.2 Å². The van der Waals surface area contributed by atoms with Crippen molar-refractivity contribution in [3.63, 3.8) is 0 Å². The lowest BCUT2D eigenvalue weighted by Crippen LogP contribution is -2.43. The smallest absolute Gasteiger partial charge is 0.173 e. The summed E-state index contributed by atoms with van der Waals surface area (Å²) in [4.78, 5) is 2.45. The lowest BCUT2D eigenvalue weighted by molar-refractivity contribution is 0.241. The third-order valence-electron chi connectivity index (χ3n) is 6.24. The van der Waals surface area contributed by atoms with Crippen LogP contribution in [0.3, 0.4) is 0 Å². The molecule has 0 bridgehead atoms. The van der Waals surface area contributed by atoms with Crippen LogP contribution >= 0.6 is 12.2 Å². The molecule has 0 spiro atoms. The monoisotopic (exact) mass is 405 g/mol. The third kappa shape index (κ3) is 4.32. The van der Waals surface area contributed by atoms with Crippen molar-refractivity contribution in [1.82, 2.24) is 9.47 Å². The number of aryl methyl sites for hydroxylation is 2. The van der Waals surface area contributed by atoms with Gasteiger partial charge in [0.05, 0.1) is 0 Å². The van der Waals surface area contributed by atoms with Crippen molar-refractivity contribution < 1.29 is 0 Å². The van der Waals surface area contributed by atoms with Crippen LogP contribution in [0.2, 0.25) is 0 Å². The molecule has 1 fully saturated rings. The number of aromatic nitrogens is 1. The fourth-order valence-corrected chi connectivity index (χ4v) is 4.96. The number of anilines is 1. The van der Waals surface area contributed by atoms with Crippen molar-refractivity contribution in [2.75, 3.05) is 5.32 Å². The molecule has 0 aliphatic heterocycles. The minimum atomic E-state index is 0.511. The number of hydrogen-bond donors (Lipinski definition) is 1. The Balaban J connectivity index is 1.63. The number of fused-ring (bicyclic) bond motifs is 1. The predicted octanol–water partition coefficient (Wildman–Crippen LogP) is 6.27. The molecule has 1 N–H and O–H groups in total. The average molecular weight is 406 g/mol. The zero-order valence-corrected chi connectivity index (χ0v) is 18.3. The largest absolute Gasteiger partial charge is 0.350 e. The van der Waals surface area contributed by atoms with E-state index in [0.717, 1.165) is 23.8 Å². The molecule has 0 saturated heterocycles. The number of nitrogens with zero attached hydrogens (tertiary/aromatic N) is 2. The first-order valence-corrected chi connectivity index (χ1v) is 11.3. The van der Waals surface area contributed by atoms with E-state index in [1.54, 1.807) is 0 Å². The van der Waals surface area contributed by atoms with E-state index in [9.17, 15) is 0 Å². The summed E-state index contributed by atoms with van der Waals surface area (Å²) in [6, 6.07) is 17.7. The third-order valence-corrected chi connectivity index (χ3v) is 6.57. The molecule has 3 aromatic rings. The van der Waals surface area contributed by atoms with E-state index in [1.165, 1.54) is 54.1 Å². The van der Waals surface area contributed by atoms with E-state index in [1.807, 2.05) is 0 Å². The second-order valence-electron chi connectivity index (χ2n) is 8.14. The van der Waals surface area contributed by atoms with Gasteiger partial charge in [-0.25, -0.2) is 0 Å². The quantitative estimate of drug-likeness (QED) is 0.505. The maximum atomic E-state index is 5.98. The lowest BCUT2D eigenvalue weighted by Gasteiger charge is -2.36. The molecular formula is C25H31N3S. The molecule has 1 aliphatic rings. The zero-order chi connectivity index (χ0) is 20.2. The fourth-order valence-electron chi connectivity index (χ4n) is 4.63. The van der Waals surface area contributed by atoms with Crippen molar-refractivity contribution >= 4 is 33.9 Å². The molecule has 4 heteroatoms. The minimum absolute atomic E-state index is 0.511. The minimum Gasteiger partial charge on any atom is -0.350 e. The summed E-state index contributed by atoms with van der Waals surface area (Å²) in [6.45, 7) is 3.05. The Kier molecular flexibility index (Phi) is 6.19. The Morgan fingerprint density at radius 3 is 2.55 bits per heavy atom. The molecule has 0 radical (unpaired) electrons. The van der Waals surface area contributed by atoms with Crippen LogP contribution in [-0.2, 0) is 20.0 Å². The highest BCUT2D eigenvalue weighted by molar-refractivity contribution is 7.80. The second-order valence-corrected chi connectivity index (χ2v) is 8.53. The molecular weight excluding hydrogens is 374 g/mol. The molecule has 2 aromatic carbocycles. The molecule has 4 rings (SSSR count). The van der Waals surface area contributed by atoms with E-state index in [0.29, 0.717) is 6.04 Å². The van der Waals surface area contributed by atoms with Gasteiger partial charge in [-0.2, -0.15) is 0 Å². The first kappa shape index (κ1) is 20.0. The summed E-state index contributed by atoms with van der Waals surface area (Å²) in [5.74, 6) is 0. The second kappa shape index (κ2) is 9.00. The van der Waals surface area contributed by atoms with Gasteiger partial charge in [0, 0.05) is 42.4 Å². The van der Waals surface area contributed by atoms with Gasteiger partial charge in [-0.15, -0.1) is 0 Å². The zero-order valence-electron chi connectivity index (χ0n) is 17.5. The first-order valence-electron chi connectivity index (χ1n) is 10.9. The van der Waals surface area contributed by atoms with Crippen LogP contribution < -0.4 is 5.32 Å². The van der Waals surface area contributed by atoms with Gasteiger partial charge in [0.1, 0.15) is 0 Å². The van der Waals surface area contributed by atoms with Crippen LogP contribution in [0.1, 0.15) is 50.2 Å². The standard InChI is InChI=1S/C25H31N3S/c1-3-19-11-7-9-15-23(19)26-25(29)28(21-12-5-4-6-13-21)18-20-17-27(2)24-16-10-8-14-22(20)24/h7-11,14-17,21H,3-6,12-13,18H2,1-2H3,(H,26,29). The molecule has 1 aliphatic carbocycles. The number of hydrogen-bond acceptors (Lipinski definition) is 1. The number of nitrogens with one attached hydrogen (secondary N) is 1. The molecule has 29 heavy (non-hydrogen) atoms. The number of rotatable bonds is 5. The number of benzene rings is 2. The van der Waals surface area contributed by atoms with Crippen LogP contribution in [-0.4, -0.2) is 20.6 Å². The summed E-state index contributed by atoms with van der Waals surface area (Å²) in [6.07, 6.45) is 9.65. The molecule has 3 nitrogen and oxygen atoms in total. The van der Waals surface area contributed by atoms with Gasteiger partial charge in [0.15, 0.2) is 5.11 Å². The highest BCUT2D eigenvalue weighted by Crippen LogP contribution is 2.28. The normalized spacial score (nSPS) is 14.8. The van der Waals surface area contributed by atoms with Crippen LogP contribution in [0.15, 0.2) is 54.7 Å². The molecule has 0 amide bonds. The first-order chi connectivity index (χ1) is 14.2. The van der Waals surface area contributed by atoms with E-state index < -0.39 is 0 Å². The summed E-state index contributed by atoms with van der Waals surface area (Å²) < 4.78 is 2.23. The Bertz CT molecular complexity index is 985. The van der Waals surface area contributed by atoms with Crippen molar-refractivity contribution in [1.29, 1.82) is 0 Å². The van der Waals surface area contributed by atoms with Crippen molar-refractivity contribution in [3.8, 4) is 0 Å². The van der Waals surface area contributed by atoms with Gasteiger partial charge in [0.25, 0.3) is 0 Å². The van der Waals surface area contributed by atoms with Gasteiger partial charge >= 0.3 is 0 Å². The van der Waals surface area contributed by atoms with Gasteiger partial charge in [-0.1, -0.05) is 62.6 Å². The van der Waals surface area contributed by atoms with E-state index in [4.69, 9.17) is 12.2 Å². The molecule has 1 saturated carbocycles. The average Bonchev–Trinajstić information content (AvgIpc) is 3.08. The highest BCUT2D eigenvalue weighted by Gasteiger charge is 2.25. The summed E-state index contributed by atoms with van der Waals surface area (Å²) in [5, 5.41) is 5.76. The molecule has 152 valence electrons. The van der Waals surface area contributed by atoms with Crippen LogP contribution in [0.4, 0.5) is 5.69 Å². The Morgan fingerprint density at radius 1 is 1.03 bits per heavy atom. The fraction of sp³-hybridized carbons (Fsp3) is 0.400. The van der Waals surface area contributed by atoms with Crippen molar-refractivity contribution in [3.05, 3.63) is 65.9 Å². The lowest BCUT2D eigenvalue weighted by atomic mass is 9.94. The molecule has 1 aromatic heterocycles. The van der Waals surface area contributed by atoms with Gasteiger partial charge in [-0.05, 0) is 54.7 Å². The van der Waals surface area contributed by atoms with E-state index >= 15 is 0 Å². The van der Waals surface area contributed by atoms with Gasteiger partial charge in [-0.3, -0.25) is 0 Å². The Labute approximate surface area is 179 Å². The van der Waals surface area contributed by atoms with Crippen molar-refractivity contribution in [2.45, 2.75) is 58.0 Å². The van der Waals surface area contributed by atoms with Crippen LogP contribution in [0.25, 0.3) is 10.9 Å². The maximum absolute atomic E-state index is 5.98. The Morgan fingerprint density at radius 2 is 1.76 bits per heavy atom. The highest BCUT2D eigenvalue weighted by atomic mass is 32.1. The van der Waals surface area contributed by atoms with Crippen LogP contribution in [0, 0.1) is 0 Å². The molecule has 0 atom stereocenters.